The maximum Gasteiger partial charge on any atom is 0.296 e. The van der Waals surface area contributed by atoms with E-state index in [0.717, 1.165) is 30.3 Å². The van der Waals surface area contributed by atoms with Crippen molar-refractivity contribution < 1.29 is 48.8 Å². The summed E-state index contributed by atoms with van der Waals surface area (Å²) in [6.45, 7) is 3.30. The van der Waals surface area contributed by atoms with Crippen LogP contribution in [0.4, 0.5) is 34.1 Å². The smallest absolute Gasteiger partial charge is 0.296 e. The molecule has 4 N–H and O–H groups in total. The Bertz CT molecular complexity index is 3010. The molecule has 20 nitrogen and oxygen atoms in total. The third kappa shape index (κ3) is 9.93. The van der Waals surface area contributed by atoms with Gasteiger partial charge >= 0.3 is 0 Å². The summed E-state index contributed by atoms with van der Waals surface area (Å²) in [6.07, 6.45) is 5.94. The van der Waals surface area contributed by atoms with Crippen molar-refractivity contribution in [3.05, 3.63) is 88.8 Å². The van der Waals surface area contributed by atoms with E-state index in [-0.39, 0.29) is 69.2 Å². The molecule has 312 valence electrons. The molecule has 0 aliphatic heterocycles. The minimum Gasteiger partial charge on any atom is -0.493 e. The van der Waals surface area contributed by atoms with Gasteiger partial charge in [-0.2, -0.15) is 45.9 Å². The van der Waals surface area contributed by atoms with Gasteiger partial charge in [0.25, 0.3) is 30.4 Å². The fourth-order valence-corrected chi connectivity index (χ4v) is 7.70. The van der Waals surface area contributed by atoms with E-state index in [9.17, 15) is 44.7 Å². The van der Waals surface area contributed by atoms with E-state index in [0.29, 0.717) is 41.7 Å². The molecule has 60 heavy (non-hydrogen) atoms. The van der Waals surface area contributed by atoms with Gasteiger partial charge < -0.3 is 9.84 Å². The number of hydrogen-bond acceptors (Lipinski definition) is 16. The highest BCUT2D eigenvalue weighted by Gasteiger charge is 2.25. The van der Waals surface area contributed by atoms with Crippen LogP contribution in [0.15, 0.2) is 101 Å². The summed E-state index contributed by atoms with van der Waals surface area (Å²) in [5.74, 6) is -0.887. The first kappa shape index (κ1) is 43.3. The van der Waals surface area contributed by atoms with Crippen LogP contribution in [0.1, 0.15) is 54.3 Å². The Morgan fingerprint density at radius 3 is 2.20 bits per heavy atom. The summed E-state index contributed by atoms with van der Waals surface area (Å²) in [5, 5.41) is 46.7. The van der Waals surface area contributed by atoms with Crippen LogP contribution < -0.4 is 4.74 Å². The zero-order chi connectivity index (χ0) is 43.4. The zero-order valence-electron chi connectivity index (χ0n) is 31.7. The summed E-state index contributed by atoms with van der Waals surface area (Å²) >= 11 is 0. The van der Waals surface area contributed by atoms with Crippen molar-refractivity contribution in [2.45, 2.75) is 55.7 Å². The molecule has 0 fully saturated rings. The number of allylic oxidation sites excluding steroid dienone is 1. The van der Waals surface area contributed by atoms with Crippen LogP contribution in [0.5, 0.6) is 11.6 Å². The van der Waals surface area contributed by atoms with Crippen molar-refractivity contribution >= 4 is 76.2 Å². The van der Waals surface area contributed by atoms with Crippen LogP contribution in [-0.4, -0.2) is 65.8 Å². The number of pyridine rings is 1. The Hall–Kier alpha value is -6.29. The lowest BCUT2D eigenvalue weighted by molar-refractivity contribution is 0.317. The van der Waals surface area contributed by atoms with Gasteiger partial charge in [0.15, 0.2) is 11.3 Å². The van der Waals surface area contributed by atoms with E-state index >= 15 is 0 Å². The first-order chi connectivity index (χ1) is 28.4. The van der Waals surface area contributed by atoms with Gasteiger partial charge in [0.1, 0.15) is 33.7 Å². The van der Waals surface area contributed by atoms with Crippen molar-refractivity contribution in [2.24, 2.45) is 30.7 Å². The van der Waals surface area contributed by atoms with E-state index in [1.807, 2.05) is 19.1 Å². The molecule has 0 unspecified atom stereocenters. The van der Waals surface area contributed by atoms with Crippen LogP contribution in [0.3, 0.4) is 0 Å². The number of hydrogen-bond donors (Lipinski definition) is 4. The molecule has 3 aromatic carbocycles. The largest absolute Gasteiger partial charge is 0.493 e. The van der Waals surface area contributed by atoms with Crippen molar-refractivity contribution in [3.63, 3.8) is 0 Å². The molecule has 5 aromatic rings. The minimum absolute atomic E-state index is 0.00470. The summed E-state index contributed by atoms with van der Waals surface area (Å²) in [7, 11) is -13.6. The molecule has 0 atom stereocenters. The highest BCUT2D eigenvalue weighted by Crippen LogP contribution is 2.42. The number of fused-ring (bicyclic) bond motifs is 3. The molecule has 0 saturated heterocycles. The topological polar surface area (TPSA) is 308 Å². The second-order valence-corrected chi connectivity index (χ2v) is 17.6. The van der Waals surface area contributed by atoms with Gasteiger partial charge in [0.05, 0.1) is 45.7 Å². The van der Waals surface area contributed by atoms with E-state index < -0.39 is 41.0 Å². The van der Waals surface area contributed by atoms with Gasteiger partial charge in [0.2, 0.25) is 5.88 Å². The number of azo groups is 3. The number of nitrogens with zero attached hydrogens (tertiary/aromatic N) is 9. The van der Waals surface area contributed by atoms with Gasteiger partial charge in [-0.1, -0.05) is 19.4 Å². The lowest BCUT2D eigenvalue weighted by Gasteiger charge is -2.13. The van der Waals surface area contributed by atoms with Gasteiger partial charge in [-0.3, -0.25) is 18.1 Å². The number of imidazole rings is 1. The number of rotatable bonds is 15. The Morgan fingerprint density at radius 1 is 0.850 bits per heavy atom. The van der Waals surface area contributed by atoms with E-state index in [2.05, 4.69) is 41.7 Å². The highest BCUT2D eigenvalue weighted by atomic mass is 32.2. The molecule has 2 aromatic heterocycles. The third-order valence-corrected chi connectivity index (χ3v) is 11.5. The zero-order valence-corrected chi connectivity index (χ0v) is 34.1. The van der Waals surface area contributed by atoms with Crippen LogP contribution in [0.25, 0.3) is 11.7 Å². The molecule has 0 amide bonds. The average molecular weight is 878 g/mol. The summed E-state index contributed by atoms with van der Waals surface area (Å²) in [6, 6.07) is 13.3. The average Bonchev–Trinajstić information content (AvgIpc) is 3.58. The molecular formula is C37H35N9O11S3. The number of benzene rings is 3. The summed E-state index contributed by atoms with van der Waals surface area (Å²) in [4.78, 5) is 3.60. The normalized spacial score (nSPS) is 13.5. The first-order valence-electron chi connectivity index (χ1n) is 17.9. The monoisotopic (exact) mass is 877 g/mol. The van der Waals surface area contributed by atoms with Gasteiger partial charge in [-0.05, 0) is 92.8 Å². The molecule has 0 saturated carbocycles. The van der Waals surface area contributed by atoms with Crippen molar-refractivity contribution in [2.75, 3.05) is 12.4 Å². The fraction of sp³-hybridized carbons (Fsp3) is 0.243. The molecule has 1 aliphatic rings. The standard InChI is InChI=1S/C37H35N9O11S3/c1-3-7-26-27(21-38)36-39-28-8-4-5-9-32(28)46(36)37(47)35(26)45-44-31-18-22(2)30(20-33(31)57-16-6-17-58(48,49)50)43-42-29-15-12-24(19-34(29)60(54,55)56)41-40-23-10-13-25(14-11-23)59(51,52)53/h5,9-15,18-20,47H,3-4,6-8,16-17H2,1-2H3,(H,48,49,50)(H,51,52,53)(H,54,55,56). The van der Waals surface area contributed by atoms with Crippen LogP contribution in [0, 0.1) is 18.3 Å². The highest BCUT2D eigenvalue weighted by molar-refractivity contribution is 7.86. The fourth-order valence-electron chi connectivity index (χ4n) is 6.09. The molecular weight excluding hydrogens is 843 g/mol. The SMILES string of the molecule is CCCc1c(N=Nc2cc(C)c(N=Nc3ccc(N=Nc4ccc(S(=O)(=O)O)cc4)cc3S(=O)(=O)O)cc2OCCCS(=O)(=O)O)c(O)n2c3c(nc2c1C#N)CCC=C3. The number of ether oxygens (including phenoxy) is 1. The molecule has 0 spiro atoms. The van der Waals surface area contributed by atoms with Crippen LogP contribution in [-0.2, 0) is 43.2 Å². The second-order valence-electron chi connectivity index (χ2n) is 13.2. The first-order valence-corrected chi connectivity index (χ1v) is 22.4. The lowest BCUT2D eigenvalue weighted by atomic mass is 10.0. The van der Waals surface area contributed by atoms with Crippen LogP contribution in [0.2, 0.25) is 0 Å². The van der Waals surface area contributed by atoms with Crippen molar-refractivity contribution in [1.82, 2.24) is 9.38 Å². The Kier molecular flexibility index (Phi) is 12.6. The third-order valence-electron chi connectivity index (χ3n) is 8.90. The lowest BCUT2D eigenvalue weighted by Crippen LogP contribution is -2.08. The number of nitriles is 1. The van der Waals surface area contributed by atoms with Crippen molar-refractivity contribution in [1.29, 1.82) is 5.26 Å². The minimum atomic E-state index is -4.90. The molecule has 0 bridgehead atoms. The van der Waals surface area contributed by atoms with Gasteiger partial charge in [-0.25, -0.2) is 4.98 Å². The maximum absolute atomic E-state index is 12.4. The van der Waals surface area contributed by atoms with E-state index in [1.54, 1.807) is 6.92 Å². The summed E-state index contributed by atoms with van der Waals surface area (Å²) in [5.41, 5.74) is 2.76. The van der Waals surface area contributed by atoms with E-state index in [1.165, 1.54) is 40.8 Å². The van der Waals surface area contributed by atoms with Crippen LogP contribution >= 0.6 is 0 Å². The second kappa shape index (κ2) is 17.5. The quantitative estimate of drug-likeness (QED) is 0.0436. The Labute approximate surface area is 343 Å². The predicted molar refractivity (Wildman–Crippen MR) is 216 cm³/mol. The van der Waals surface area contributed by atoms with Gasteiger partial charge in [-0.15, -0.1) is 15.3 Å². The molecule has 1 aliphatic carbocycles. The Balaban J connectivity index is 1.37. The molecule has 0 radical (unpaired) electrons. The number of aryl methyl sites for hydroxylation is 2. The summed E-state index contributed by atoms with van der Waals surface area (Å²) < 4.78 is 106. The van der Waals surface area contributed by atoms with Gasteiger partial charge in [0, 0.05) is 11.6 Å². The van der Waals surface area contributed by atoms with E-state index in [4.69, 9.17) is 9.29 Å². The number of aromatic hydroxyl groups is 1. The Morgan fingerprint density at radius 2 is 1.53 bits per heavy atom. The molecule has 2 heterocycles. The molecule has 23 heteroatoms. The predicted octanol–water partition coefficient (Wildman–Crippen LogP) is 8.53. The maximum atomic E-state index is 12.4. The molecule has 6 rings (SSSR count). The van der Waals surface area contributed by atoms with Crippen molar-refractivity contribution in [3.8, 4) is 17.7 Å². The number of aromatic nitrogens is 2.